The van der Waals surface area contributed by atoms with Crippen LogP contribution in [0.5, 0.6) is 5.75 Å². The first-order valence-electron chi connectivity index (χ1n) is 6.81. The van der Waals surface area contributed by atoms with E-state index < -0.39 is 0 Å². The Morgan fingerprint density at radius 2 is 1.76 bits per heavy atom. The highest BCUT2D eigenvalue weighted by molar-refractivity contribution is 5.97. The molecule has 0 aromatic heterocycles. The number of ketones is 1. The van der Waals surface area contributed by atoms with Crippen LogP contribution in [0, 0.1) is 5.82 Å². The molecule has 0 heterocycles. The zero-order valence-corrected chi connectivity index (χ0v) is 11.9. The second-order valence-electron chi connectivity index (χ2n) is 4.70. The van der Waals surface area contributed by atoms with E-state index >= 15 is 0 Å². The summed E-state index contributed by atoms with van der Waals surface area (Å²) in [5, 5.41) is 3.10. The molecule has 0 aliphatic heterocycles. The van der Waals surface area contributed by atoms with Crippen molar-refractivity contribution in [2.75, 3.05) is 20.2 Å². The van der Waals surface area contributed by atoms with Crippen LogP contribution in [0.25, 0.3) is 0 Å². The van der Waals surface area contributed by atoms with Crippen LogP contribution in [0.4, 0.5) is 4.39 Å². The van der Waals surface area contributed by atoms with Crippen molar-refractivity contribution in [1.29, 1.82) is 0 Å². The van der Waals surface area contributed by atoms with Crippen LogP contribution >= 0.6 is 0 Å². The third kappa shape index (κ3) is 4.68. The van der Waals surface area contributed by atoms with Crippen molar-refractivity contribution >= 4 is 5.78 Å². The summed E-state index contributed by atoms with van der Waals surface area (Å²) in [5.74, 6) is 0.536. The molecular formula is C17H18FNO2. The topological polar surface area (TPSA) is 38.3 Å². The third-order valence-electron chi connectivity index (χ3n) is 3.20. The van der Waals surface area contributed by atoms with Crippen LogP contribution in [0.1, 0.15) is 15.9 Å². The van der Waals surface area contributed by atoms with Crippen LogP contribution in [-0.2, 0) is 6.42 Å². The van der Waals surface area contributed by atoms with Crippen LogP contribution in [0.15, 0.2) is 48.5 Å². The molecule has 0 saturated heterocycles. The SMILES string of the molecule is COc1ccc(C(=O)CNCCc2ccc(F)cc2)cc1. The normalized spacial score (nSPS) is 10.4. The number of hydrogen-bond donors (Lipinski definition) is 1. The number of methoxy groups -OCH3 is 1. The minimum Gasteiger partial charge on any atom is -0.497 e. The Hall–Kier alpha value is -2.20. The summed E-state index contributed by atoms with van der Waals surface area (Å²) >= 11 is 0. The van der Waals surface area contributed by atoms with Gasteiger partial charge in [-0.25, -0.2) is 4.39 Å². The minimum atomic E-state index is -0.235. The van der Waals surface area contributed by atoms with Gasteiger partial charge in [-0.3, -0.25) is 4.79 Å². The van der Waals surface area contributed by atoms with Gasteiger partial charge in [-0.1, -0.05) is 12.1 Å². The van der Waals surface area contributed by atoms with E-state index in [0.29, 0.717) is 12.1 Å². The summed E-state index contributed by atoms with van der Waals surface area (Å²) in [5.41, 5.74) is 1.70. The average molecular weight is 287 g/mol. The van der Waals surface area contributed by atoms with Crippen LogP contribution < -0.4 is 10.1 Å². The molecule has 2 aromatic carbocycles. The van der Waals surface area contributed by atoms with E-state index in [1.165, 1.54) is 12.1 Å². The fourth-order valence-corrected chi connectivity index (χ4v) is 1.96. The highest BCUT2D eigenvalue weighted by Crippen LogP contribution is 2.11. The van der Waals surface area contributed by atoms with Crippen LogP contribution in [0.2, 0.25) is 0 Å². The minimum absolute atomic E-state index is 0.0387. The number of nitrogens with one attached hydrogen (secondary N) is 1. The van der Waals surface area contributed by atoms with Gasteiger partial charge < -0.3 is 10.1 Å². The number of hydrogen-bond acceptors (Lipinski definition) is 3. The number of Topliss-reactive ketones (excluding diaryl/α,β-unsaturated/α-hetero) is 1. The average Bonchev–Trinajstić information content (AvgIpc) is 2.53. The van der Waals surface area contributed by atoms with E-state index in [0.717, 1.165) is 17.7 Å². The molecule has 3 nitrogen and oxygen atoms in total. The molecule has 21 heavy (non-hydrogen) atoms. The van der Waals surface area contributed by atoms with E-state index in [2.05, 4.69) is 5.32 Å². The number of carbonyl (C=O) groups is 1. The maximum atomic E-state index is 12.8. The smallest absolute Gasteiger partial charge is 0.176 e. The van der Waals surface area contributed by atoms with E-state index in [1.807, 2.05) is 0 Å². The van der Waals surface area contributed by atoms with Crippen molar-refractivity contribution in [3.8, 4) is 5.75 Å². The first-order valence-corrected chi connectivity index (χ1v) is 6.81. The fourth-order valence-electron chi connectivity index (χ4n) is 1.96. The van der Waals surface area contributed by atoms with E-state index in [-0.39, 0.29) is 18.1 Å². The Kier molecular flexibility index (Phi) is 5.46. The number of benzene rings is 2. The molecule has 0 spiro atoms. The van der Waals surface area contributed by atoms with Gasteiger partial charge >= 0.3 is 0 Å². The highest BCUT2D eigenvalue weighted by Gasteiger charge is 2.05. The fraction of sp³-hybridized carbons (Fsp3) is 0.235. The largest absolute Gasteiger partial charge is 0.497 e. The lowest BCUT2D eigenvalue weighted by molar-refractivity contribution is 0.0991. The van der Waals surface area contributed by atoms with Gasteiger partial charge in [0.05, 0.1) is 13.7 Å². The molecule has 0 fully saturated rings. The first-order chi connectivity index (χ1) is 10.2. The second kappa shape index (κ2) is 7.55. The summed E-state index contributed by atoms with van der Waals surface area (Å²) < 4.78 is 17.8. The molecular weight excluding hydrogens is 269 g/mol. The summed E-state index contributed by atoms with van der Waals surface area (Å²) in [6.45, 7) is 0.959. The van der Waals surface area contributed by atoms with Crippen molar-refractivity contribution in [1.82, 2.24) is 5.32 Å². The van der Waals surface area contributed by atoms with Crippen molar-refractivity contribution < 1.29 is 13.9 Å². The highest BCUT2D eigenvalue weighted by atomic mass is 19.1. The second-order valence-corrected chi connectivity index (χ2v) is 4.70. The molecule has 2 rings (SSSR count). The molecule has 4 heteroatoms. The molecule has 0 bridgehead atoms. The number of ether oxygens (including phenoxy) is 1. The quantitative estimate of drug-likeness (QED) is 0.628. The first kappa shape index (κ1) is 15.2. The Bertz CT molecular complexity index is 579. The Labute approximate surface area is 123 Å². The van der Waals surface area contributed by atoms with Crippen molar-refractivity contribution in [2.45, 2.75) is 6.42 Å². The Morgan fingerprint density at radius 3 is 2.38 bits per heavy atom. The number of rotatable bonds is 7. The maximum absolute atomic E-state index is 12.8. The van der Waals surface area contributed by atoms with E-state index in [4.69, 9.17) is 4.74 Å². The molecule has 0 amide bonds. The standard InChI is InChI=1S/C17H18FNO2/c1-21-16-8-4-14(5-9-16)17(20)12-19-11-10-13-2-6-15(18)7-3-13/h2-9,19H,10-12H2,1H3. The van der Waals surface area contributed by atoms with E-state index in [1.54, 1.807) is 43.5 Å². The molecule has 110 valence electrons. The molecule has 0 unspecified atom stereocenters. The lowest BCUT2D eigenvalue weighted by Gasteiger charge is -2.05. The molecule has 1 N–H and O–H groups in total. The molecule has 0 aliphatic rings. The van der Waals surface area contributed by atoms with Crippen LogP contribution in [0.3, 0.4) is 0 Å². The van der Waals surface area contributed by atoms with Gasteiger partial charge in [0.2, 0.25) is 0 Å². The Balaban J connectivity index is 1.74. The van der Waals surface area contributed by atoms with Crippen molar-refractivity contribution in [2.24, 2.45) is 0 Å². The predicted molar refractivity (Wildman–Crippen MR) is 80.3 cm³/mol. The lowest BCUT2D eigenvalue weighted by Crippen LogP contribution is -2.25. The monoisotopic (exact) mass is 287 g/mol. The van der Waals surface area contributed by atoms with Crippen LogP contribution in [-0.4, -0.2) is 26.0 Å². The van der Waals surface area contributed by atoms with Gasteiger partial charge in [-0.15, -0.1) is 0 Å². The summed E-state index contributed by atoms with van der Waals surface area (Å²) in [6.07, 6.45) is 0.760. The lowest BCUT2D eigenvalue weighted by atomic mass is 10.1. The molecule has 0 saturated carbocycles. The summed E-state index contributed by atoms with van der Waals surface area (Å²) in [4.78, 5) is 11.9. The zero-order valence-electron chi connectivity index (χ0n) is 11.9. The molecule has 0 atom stereocenters. The third-order valence-corrected chi connectivity index (χ3v) is 3.20. The van der Waals surface area contributed by atoms with Gasteiger partial charge in [0.1, 0.15) is 11.6 Å². The molecule has 0 radical (unpaired) electrons. The predicted octanol–water partition coefficient (Wildman–Crippen LogP) is 2.85. The Morgan fingerprint density at radius 1 is 1.10 bits per heavy atom. The van der Waals surface area contributed by atoms with Gasteiger partial charge in [0.25, 0.3) is 0 Å². The zero-order chi connectivity index (χ0) is 15.1. The molecule has 2 aromatic rings. The van der Waals surface area contributed by atoms with Gasteiger partial charge in [-0.05, 0) is 54.9 Å². The van der Waals surface area contributed by atoms with Crippen molar-refractivity contribution in [3.05, 3.63) is 65.5 Å². The number of halogens is 1. The van der Waals surface area contributed by atoms with Crippen molar-refractivity contribution in [3.63, 3.8) is 0 Å². The van der Waals surface area contributed by atoms with Gasteiger partial charge in [-0.2, -0.15) is 0 Å². The van der Waals surface area contributed by atoms with E-state index in [9.17, 15) is 9.18 Å². The summed E-state index contributed by atoms with van der Waals surface area (Å²) in [7, 11) is 1.59. The van der Waals surface area contributed by atoms with Gasteiger partial charge in [0.15, 0.2) is 5.78 Å². The molecule has 0 aliphatic carbocycles. The van der Waals surface area contributed by atoms with Gasteiger partial charge in [0, 0.05) is 5.56 Å². The summed E-state index contributed by atoms with van der Waals surface area (Å²) in [6, 6.07) is 13.4. The number of carbonyl (C=O) groups excluding carboxylic acids is 1. The maximum Gasteiger partial charge on any atom is 0.176 e.